The molecule has 4 aliphatic rings. The van der Waals surface area contributed by atoms with Crippen LogP contribution in [0.4, 0.5) is 19.0 Å². The molecule has 52 heavy (non-hydrogen) atoms. The Balaban J connectivity index is 1.30. The van der Waals surface area contributed by atoms with Gasteiger partial charge in [-0.3, -0.25) is 9.69 Å². The lowest BCUT2D eigenvalue weighted by Crippen LogP contribution is -2.55. The molecule has 4 aromatic rings. The molecule has 14 heteroatoms. The van der Waals surface area contributed by atoms with Crippen molar-refractivity contribution in [3.63, 3.8) is 0 Å². The average Bonchev–Trinajstić information content (AvgIpc) is 3.78. The van der Waals surface area contributed by atoms with E-state index in [-0.39, 0.29) is 54.8 Å². The van der Waals surface area contributed by atoms with E-state index in [4.69, 9.17) is 42.6 Å². The van der Waals surface area contributed by atoms with E-state index < -0.39 is 35.3 Å². The topological polar surface area (TPSA) is 94.8 Å². The molecule has 4 heterocycles. The number of anilines is 1. The summed E-state index contributed by atoms with van der Waals surface area (Å²) in [7, 11) is 0. The summed E-state index contributed by atoms with van der Waals surface area (Å²) in [4.78, 5) is 27.9. The van der Waals surface area contributed by atoms with Gasteiger partial charge in [0.05, 0.1) is 40.2 Å². The van der Waals surface area contributed by atoms with Crippen molar-refractivity contribution >= 4 is 56.6 Å². The molecule has 1 aliphatic carbocycles. The Hall–Kier alpha value is -4.31. The van der Waals surface area contributed by atoms with Gasteiger partial charge in [0.25, 0.3) is 5.91 Å². The number of aromatic nitrogens is 2. The second-order valence-corrected chi connectivity index (χ2v) is 14.9. The number of hydrogen-bond donors (Lipinski definition) is 0. The molecule has 0 spiro atoms. The zero-order valence-corrected chi connectivity index (χ0v) is 29.7. The van der Waals surface area contributed by atoms with Gasteiger partial charge in [-0.25, -0.2) is 13.2 Å². The number of nitrogens with zero attached hydrogens (tertiary/aromatic N) is 6. The van der Waals surface area contributed by atoms with Crippen molar-refractivity contribution in [1.29, 1.82) is 5.26 Å². The minimum atomic E-state index is -1.10. The number of amides is 1. The summed E-state index contributed by atoms with van der Waals surface area (Å²) in [5, 5.41) is 11.6. The quantitative estimate of drug-likeness (QED) is 0.160. The number of benzene rings is 3. The number of carbonyl (C=O) groups is 1. The minimum Gasteiger partial charge on any atom is -0.487 e. The second-order valence-electron chi connectivity index (χ2n) is 14.1. The molecule has 4 fully saturated rings. The summed E-state index contributed by atoms with van der Waals surface area (Å²) < 4.78 is 56.7. The van der Waals surface area contributed by atoms with Gasteiger partial charge in [-0.15, -0.1) is 0 Å². The Morgan fingerprint density at radius 3 is 2.73 bits per heavy atom. The van der Waals surface area contributed by atoms with E-state index in [2.05, 4.69) is 17.5 Å². The van der Waals surface area contributed by atoms with Gasteiger partial charge >= 0.3 is 6.01 Å². The normalized spacial score (nSPS) is 23.2. The zero-order chi connectivity index (χ0) is 36.3. The maximum Gasteiger partial charge on any atom is 0.319 e. The molecule has 9 nitrogen and oxygen atoms in total. The van der Waals surface area contributed by atoms with Crippen molar-refractivity contribution in [3.8, 4) is 29.0 Å². The van der Waals surface area contributed by atoms with E-state index in [0.29, 0.717) is 57.3 Å². The molecule has 3 aliphatic heterocycles. The van der Waals surface area contributed by atoms with Crippen molar-refractivity contribution in [2.45, 2.75) is 62.4 Å². The molecule has 3 saturated heterocycles. The maximum absolute atomic E-state index is 14.9. The Morgan fingerprint density at radius 2 is 1.96 bits per heavy atom. The predicted octanol–water partition coefficient (Wildman–Crippen LogP) is 7.81. The van der Waals surface area contributed by atoms with Gasteiger partial charge in [0, 0.05) is 48.9 Å². The highest BCUT2D eigenvalue weighted by molar-refractivity contribution is 6.39. The highest BCUT2D eigenvalue weighted by Crippen LogP contribution is 2.49. The fourth-order valence-corrected chi connectivity index (χ4v) is 8.68. The summed E-state index contributed by atoms with van der Waals surface area (Å²) in [5.41, 5.74) is 0.948. The maximum atomic E-state index is 14.9. The lowest BCUT2D eigenvalue weighted by Gasteiger charge is -2.41. The van der Waals surface area contributed by atoms with Gasteiger partial charge in [-0.05, 0) is 55.3 Å². The molecule has 0 bridgehead atoms. The summed E-state index contributed by atoms with van der Waals surface area (Å²) in [6, 6.07) is 11.7. The van der Waals surface area contributed by atoms with Crippen LogP contribution < -0.4 is 14.4 Å². The summed E-state index contributed by atoms with van der Waals surface area (Å²) in [5.74, 6) is -1.77. The third kappa shape index (κ3) is 6.16. The fraction of sp³-hybridized carbons (Fsp3) is 0.421. The third-order valence-electron chi connectivity index (χ3n) is 10.7. The van der Waals surface area contributed by atoms with Crippen LogP contribution in [0, 0.1) is 17.1 Å². The van der Waals surface area contributed by atoms with Crippen LogP contribution in [-0.4, -0.2) is 88.9 Å². The van der Waals surface area contributed by atoms with Crippen LogP contribution in [0.25, 0.3) is 32.8 Å². The van der Waals surface area contributed by atoms with E-state index in [1.165, 1.54) is 11.0 Å². The molecule has 1 aromatic heterocycles. The van der Waals surface area contributed by atoms with E-state index in [1.54, 1.807) is 12.1 Å². The second kappa shape index (κ2) is 13.6. The molecule has 270 valence electrons. The third-order valence-corrected chi connectivity index (χ3v) is 11.4. The number of piperazine rings is 1. The van der Waals surface area contributed by atoms with Gasteiger partial charge in [-0.1, -0.05) is 54.0 Å². The lowest BCUT2D eigenvalue weighted by atomic mass is 9.95. The van der Waals surface area contributed by atoms with Gasteiger partial charge in [0.1, 0.15) is 29.9 Å². The van der Waals surface area contributed by atoms with Crippen LogP contribution in [0.3, 0.4) is 0 Å². The van der Waals surface area contributed by atoms with Gasteiger partial charge in [-0.2, -0.15) is 15.2 Å². The first-order chi connectivity index (χ1) is 25.1. The van der Waals surface area contributed by atoms with Crippen molar-refractivity contribution in [1.82, 2.24) is 19.8 Å². The molecule has 1 amide bonds. The number of carbonyl (C=O) groups excluding carboxylic acids is 1. The van der Waals surface area contributed by atoms with Gasteiger partial charge < -0.3 is 19.3 Å². The number of alkyl halides is 1. The molecule has 0 unspecified atom stereocenters. The average molecular weight is 752 g/mol. The van der Waals surface area contributed by atoms with E-state index in [0.717, 1.165) is 32.2 Å². The molecule has 8 rings (SSSR count). The number of rotatable bonds is 9. The molecular weight excluding hydrogens is 716 g/mol. The first-order valence-electron chi connectivity index (χ1n) is 17.4. The van der Waals surface area contributed by atoms with Crippen LogP contribution in [0.1, 0.15) is 38.5 Å². The molecule has 1 saturated carbocycles. The van der Waals surface area contributed by atoms with E-state index >= 15 is 0 Å². The van der Waals surface area contributed by atoms with Gasteiger partial charge in [0.15, 0.2) is 11.6 Å². The largest absolute Gasteiger partial charge is 0.487 e. The SMILES string of the molecule is C=C(F)C(=O)N1CCN(c2nc(OC[C@@]34CCCN3C[C@H](F)C4)nc3c(OC4CC4)c(-c4cccc5ccc(F)c(Cl)c45)c(Cl)cc23)C[C@@H]1CC#N. The highest BCUT2D eigenvalue weighted by Gasteiger charge is 2.49. The Kier molecular flexibility index (Phi) is 9.08. The summed E-state index contributed by atoms with van der Waals surface area (Å²) >= 11 is 13.8. The number of ether oxygens (including phenoxy) is 2. The van der Waals surface area contributed by atoms with E-state index in [9.17, 15) is 23.2 Å². The Bertz CT molecular complexity index is 2160. The Morgan fingerprint density at radius 1 is 1.13 bits per heavy atom. The first-order valence-corrected chi connectivity index (χ1v) is 18.2. The van der Waals surface area contributed by atoms with Crippen LogP contribution in [0.2, 0.25) is 10.0 Å². The monoisotopic (exact) mass is 750 g/mol. The lowest BCUT2D eigenvalue weighted by molar-refractivity contribution is -0.131. The predicted molar refractivity (Wildman–Crippen MR) is 193 cm³/mol. The number of nitriles is 1. The van der Waals surface area contributed by atoms with Crippen molar-refractivity contribution < 1.29 is 27.4 Å². The van der Waals surface area contributed by atoms with Crippen molar-refractivity contribution in [2.24, 2.45) is 0 Å². The van der Waals surface area contributed by atoms with Crippen LogP contribution >= 0.6 is 23.2 Å². The standard InChI is InChI=1S/C38H35Cl2F3N6O3/c1-21(41)36(50)49-15-14-47(19-24(49)10-12-44)35-27-16-28(39)31(26-5-2-4-22-6-9-29(43)32(40)30(22)26)34(52-25-7-8-25)33(27)45-37(46-35)51-20-38-11-3-13-48(38)18-23(42)17-38/h2,4-6,9,16,23-25H,1,3,7-8,10-11,13-15,17-20H2/t23-,24+,38+/m1/s1. The number of hydrogen-bond acceptors (Lipinski definition) is 8. The molecular formula is C38H35Cl2F3N6O3. The van der Waals surface area contributed by atoms with Gasteiger partial charge in [0.2, 0.25) is 0 Å². The molecule has 0 radical (unpaired) electrons. The summed E-state index contributed by atoms with van der Waals surface area (Å²) in [6.07, 6.45) is 2.59. The Labute approximate surface area is 308 Å². The number of halogens is 5. The van der Waals surface area contributed by atoms with Crippen molar-refractivity contribution in [2.75, 3.05) is 44.2 Å². The number of fused-ring (bicyclic) bond motifs is 3. The molecule has 3 aromatic carbocycles. The zero-order valence-electron chi connectivity index (χ0n) is 28.2. The van der Waals surface area contributed by atoms with Crippen molar-refractivity contribution in [3.05, 3.63) is 64.7 Å². The van der Waals surface area contributed by atoms with Crippen LogP contribution in [0.5, 0.6) is 11.8 Å². The van der Waals surface area contributed by atoms with Crippen LogP contribution in [-0.2, 0) is 4.79 Å². The fourth-order valence-electron chi connectivity index (χ4n) is 8.11. The van der Waals surface area contributed by atoms with Crippen LogP contribution in [0.15, 0.2) is 48.8 Å². The summed E-state index contributed by atoms with van der Waals surface area (Å²) in [6.45, 7) is 4.98. The molecule has 0 N–H and O–H groups in total. The molecule has 3 atom stereocenters. The smallest absolute Gasteiger partial charge is 0.319 e. The minimum absolute atomic E-state index is 0.0365. The van der Waals surface area contributed by atoms with E-state index in [1.807, 2.05) is 23.1 Å². The first kappa shape index (κ1) is 34.8. The highest BCUT2D eigenvalue weighted by atomic mass is 35.5.